The summed E-state index contributed by atoms with van der Waals surface area (Å²) < 4.78 is 0. The van der Waals surface area contributed by atoms with Crippen molar-refractivity contribution in [3.05, 3.63) is 29.3 Å². The summed E-state index contributed by atoms with van der Waals surface area (Å²) in [6.45, 7) is 0.702. The Kier molecular flexibility index (Phi) is 3.49. The zero-order chi connectivity index (χ0) is 10.7. The van der Waals surface area contributed by atoms with Gasteiger partial charge in [0.25, 0.3) is 0 Å². The van der Waals surface area contributed by atoms with Gasteiger partial charge in [-0.15, -0.1) is 0 Å². The van der Waals surface area contributed by atoms with Gasteiger partial charge in [0.1, 0.15) is 0 Å². The van der Waals surface area contributed by atoms with E-state index in [2.05, 4.69) is 5.32 Å². The Labute approximate surface area is 95.8 Å². The molecule has 1 aliphatic rings. The van der Waals surface area contributed by atoms with Crippen LogP contribution >= 0.6 is 11.6 Å². The van der Waals surface area contributed by atoms with Gasteiger partial charge >= 0.3 is 0 Å². The second-order valence-corrected chi connectivity index (χ2v) is 4.62. The number of nitrogens with one attached hydrogen (secondary N) is 1. The average Bonchev–Trinajstić information content (AvgIpc) is 2.17. The highest BCUT2D eigenvalue weighted by molar-refractivity contribution is 6.30. The summed E-state index contributed by atoms with van der Waals surface area (Å²) >= 11 is 5.83. The number of benzene rings is 1. The lowest BCUT2D eigenvalue weighted by molar-refractivity contribution is 0.278. The van der Waals surface area contributed by atoms with Crippen molar-refractivity contribution in [3.8, 4) is 0 Å². The Morgan fingerprint density at radius 1 is 1.33 bits per heavy atom. The fraction of sp³-hybridized carbons (Fsp3) is 0.500. The van der Waals surface area contributed by atoms with Crippen LogP contribution in [0.2, 0.25) is 5.02 Å². The minimum atomic E-state index is 0.417. The zero-order valence-corrected chi connectivity index (χ0v) is 9.50. The Balaban J connectivity index is 1.96. The minimum Gasteiger partial charge on any atom is -0.381 e. The van der Waals surface area contributed by atoms with Crippen molar-refractivity contribution in [2.45, 2.75) is 25.3 Å². The highest BCUT2D eigenvalue weighted by Crippen LogP contribution is 2.30. The van der Waals surface area contributed by atoms with E-state index in [0.29, 0.717) is 12.6 Å². The quantitative estimate of drug-likeness (QED) is 0.826. The van der Waals surface area contributed by atoms with E-state index in [1.165, 1.54) is 19.3 Å². The predicted molar refractivity (Wildman–Crippen MR) is 65.3 cm³/mol. The van der Waals surface area contributed by atoms with E-state index in [0.717, 1.165) is 16.6 Å². The fourth-order valence-electron chi connectivity index (χ4n) is 1.97. The summed E-state index contributed by atoms with van der Waals surface area (Å²) in [5.41, 5.74) is 6.89. The van der Waals surface area contributed by atoms with Crippen LogP contribution in [0.1, 0.15) is 19.3 Å². The molecule has 82 valence electrons. The summed E-state index contributed by atoms with van der Waals surface area (Å²) in [4.78, 5) is 0. The van der Waals surface area contributed by atoms with Crippen molar-refractivity contribution >= 4 is 17.3 Å². The van der Waals surface area contributed by atoms with Crippen molar-refractivity contribution in [3.63, 3.8) is 0 Å². The third kappa shape index (κ3) is 2.64. The van der Waals surface area contributed by atoms with Crippen LogP contribution in [0.25, 0.3) is 0 Å². The molecule has 2 rings (SSSR count). The molecule has 1 fully saturated rings. The van der Waals surface area contributed by atoms with E-state index in [9.17, 15) is 0 Å². The maximum atomic E-state index is 5.83. The molecule has 15 heavy (non-hydrogen) atoms. The third-order valence-corrected chi connectivity index (χ3v) is 3.42. The van der Waals surface area contributed by atoms with Crippen molar-refractivity contribution in [2.75, 3.05) is 11.9 Å². The Morgan fingerprint density at radius 3 is 2.47 bits per heavy atom. The highest BCUT2D eigenvalue weighted by Gasteiger charge is 2.25. The molecule has 1 aliphatic carbocycles. The smallest absolute Gasteiger partial charge is 0.0411 e. The molecule has 0 aliphatic heterocycles. The molecule has 0 heterocycles. The van der Waals surface area contributed by atoms with Crippen molar-refractivity contribution in [1.29, 1.82) is 0 Å². The lowest BCUT2D eigenvalue weighted by atomic mass is 9.79. The van der Waals surface area contributed by atoms with Crippen LogP contribution in [0.5, 0.6) is 0 Å². The lowest BCUT2D eigenvalue weighted by Crippen LogP contribution is -2.39. The SMILES string of the molecule is NCC(Nc1ccc(Cl)cc1)C1CCC1. The van der Waals surface area contributed by atoms with Gasteiger partial charge in [0.05, 0.1) is 0 Å². The van der Waals surface area contributed by atoms with Gasteiger partial charge in [0.15, 0.2) is 0 Å². The molecule has 0 amide bonds. The molecule has 3 heteroatoms. The van der Waals surface area contributed by atoms with E-state index in [4.69, 9.17) is 17.3 Å². The van der Waals surface area contributed by atoms with Crippen molar-refractivity contribution < 1.29 is 0 Å². The molecule has 3 N–H and O–H groups in total. The van der Waals surface area contributed by atoms with E-state index >= 15 is 0 Å². The van der Waals surface area contributed by atoms with Gasteiger partial charge in [-0.25, -0.2) is 0 Å². The van der Waals surface area contributed by atoms with Gasteiger partial charge < -0.3 is 11.1 Å². The van der Waals surface area contributed by atoms with Crippen molar-refractivity contribution in [1.82, 2.24) is 0 Å². The second-order valence-electron chi connectivity index (χ2n) is 4.18. The molecule has 0 bridgehead atoms. The molecule has 2 nitrogen and oxygen atoms in total. The topological polar surface area (TPSA) is 38.0 Å². The maximum Gasteiger partial charge on any atom is 0.0411 e. The number of rotatable bonds is 4. The van der Waals surface area contributed by atoms with E-state index < -0.39 is 0 Å². The first-order chi connectivity index (χ1) is 7.29. The Morgan fingerprint density at radius 2 is 2.00 bits per heavy atom. The van der Waals surface area contributed by atoms with Crippen LogP contribution in [-0.4, -0.2) is 12.6 Å². The number of hydrogen-bond donors (Lipinski definition) is 2. The highest BCUT2D eigenvalue weighted by atomic mass is 35.5. The summed E-state index contributed by atoms with van der Waals surface area (Å²) in [6.07, 6.45) is 3.97. The first kappa shape index (κ1) is 10.8. The average molecular weight is 225 g/mol. The van der Waals surface area contributed by atoms with Gasteiger partial charge in [-0.3, -0.25) is 0 Å². The Bertz CT molecular complexity index is 306. The van der Waals surface area contributed by atoms with Gasteiger partial charge in [-0.05, 0) is 43.0 Å². The third-order valence-electron chi connectivity index (χ3n) is 3.17. The monoisotopic (exact) mass is 224 g/mol. The van der Waals surface area contributed by atoms with E-state index in [1.54, 1.807) is 0 Å². The standard InChI is InChI=1S/C12H17ClN2/c13-10-4-6-11(7-5-10)15-12(8-14)9-2-1-3-9/h4-7,9,12,15H,1-3,8,14H2. The van der Waals surface area contributed by atoms with Gasteiger partial charge in [0, 0.05) is 23.3 Å². The molecular formula is C12H17ClN2. The largest absolute Gasteiger partial charge is 0.381 e. The summed E-state index contributed by atoms with van der Waals surface area (Å²) in [7, 11) is 0. The van der Waals surface area contributed by atoms with Gasteiger partial charge in [0.2, 0.25) is 0 Å². The molecule has 1 aromatic rings. The van der Waals surface area contributed by atoms with Crippen LogP contribution in [0.3, 0.4) is 0 Å². The zero-order valence-electron chi connectivity index (χ0n) is 8.75. The van der Waals surface area contributed by atoms with Crippen LogP contribution in [0, 0.1) is 5.92 Å². The van der Waals surface area contributed by atoms with Crippen LogP contribution < -0.4 is 11.1 Å². The van der Waals surface area contributed by atoms with Gasteiger partial charge in [-0.1, -0.05) is 18.0 Å². The van der Waals surface area contributed by atoms with Crippen LogP contribution in [0.15, 0.2) is 24.3 Å². The molecule has 0 aromatic heterocycles. The molecule has 0 radical (unpaired) electrons. The predicted octanol–water partition coefficient (Wildman–Crippen LogP) is 2.88. The van der Waals surface area contributed by atoms with Crippen molar-refractivity contribution in [2.24, 2.45) is 11.7 Å². The van der Waals surface area contributed by atoms with Gasteiger partial charge in [-0.2, -0.15) is 0 Å². The minimum absolute atomic E-state index is 0.417. The molecule has 0 spiro atoms. The summed E-state index contributed by atoms with van der Waals surface area (Å²) in [5, 5.41) is 4.25. The van der Waals surface area contributed by atoms with E-state index in [1.807, 2.05) is 24.3 Å². The first-order valence-corrected chi connectivity index (χ1v) is 5.89. The van der Waals surface area contributed by atoms with Crippen LogP contribution in [0.4, 0.5) is 5.69 Å². The summed E-state index contributed by atoms with van der Waals surface area (Å²) in [6, 6.07) is 8.23. The summed E-state index contributed by atoms with van der Waals surface area (Å²) in [5.74, 6) is 0.755. The number of halogens is 1. The molecule has 1 unspecified atom stereocenters. The number of hydrogen-bond acceptors (Lipinski definition) is 2. The van der Waals surface area contributed by atoms with E-state index in [-0.39, 0.29) is 0 Å². The molecule has 1 aromatic carbocycles. The fourth-order valence-corrected chi connectivity index (χ4v) is 2.10. The Hall–Kier alpha value is -0.730. The molecule has 1 saturated carbocycles. The second kappa shape index (κ2) is 4.86. The first-order valence-electron chi connectivity index (χ1n) is 5.52. The number of nitrogens with two attached hydrogens (primary N) is 1. The maximum absolute atomic E-state index is 5.83. The number of anilines is 1. The van der Waals surface area contributed by atoms with Crippen LogP contribution in [-0.2, 0) is 0 Å². The molecule has 1 atom stereocenters. The lowest BCUT2D eigenvalue weighted by Gasteiger charge is -2.34. The molecule has 0 saturated heterocycles. The normalized spacial score (nSPS) is 18.3. The molecular weight excluding hydrogens is 208 g/mol.